The van der Waals surface area contributed by atoms with E-state index in [1.807, 2.05) is 6.92 Å². The monoisotopic (exact) mass is 590 g/mol. The van der Waals surface area contributed by atoms with Crippen LogP contribution in [0.1, 0.15) is 24.6 Å². The highest BCUT2D eigenvalue weighted by Gasteiger charge is 2.55. The maximum atomic E-state index is 13.1. The van der Waals surface area contributed by atoms with E-state index in [9.17, 15) is 34.4 Å². The van der Waals surface area contributed by atoms with Gasteiger partial charge >= 0.3 is 5.97 Å². The molecule has 0 spiro atoms. The number of fused-ring (bicyclic) bond motifs is 1. The van der Waals surface area contributed by atoms with E-state index in [-0.39, 0.29) is 52.6 Å². The van der Waals surface area contributed by atoms with E-state index >= 15 is 0 Å². The number of hydrogen-bond acceptors (Lipinski definition) is 13. The highest BCUT2D eigenvalue weighted by atomic mass is 32.2. The number of amides is 3. The molecule has 0 saturated carbocycles. The number of aliphatic hydroxyl groups is 1. The molecule has 0 aliphatic carbocycles. The third-order valence-corrected chi connectivity index (χ3v) is 7.58. The van der Waals surface area contributed by atoms with Crippen LogP contribution in [0.5, 0.6) is 0 Å². The number of thioether (sulfide) groups is 1. The number of hydrogen-bond donors (Lipinski definition) is 3. The Morgan fingerprint density at radius 1 is 1.35 bits per heavy atom. The second kappa shape index (κ2) is 12.6. The molecule has 2 aliphatic rings. The fourth-order valence-electron chi connectivity index (χ4n) is 3.64. The van der Waals surface area contributed by atoms with Crippen molar-refractivity contribution in [3.8, 4) is 0 Å². The van der Waals surface area contributed by atoms with Gasteiger partial charge in [-0.2, -0.15) is 0 Å². The highest BCUT2D eigenvalue weighted by Crippen LogP contribution is 2.40. The minimum absolute atomic E-state index is 0.0177. The van der Waals surface area contributed by atoms with Gasteiger partial charge in [-0.05, 0) is 24.1 Å². The predicted molar refractivity (Wildman–Crippen MR) is 142 cm³/mol. The van der Waals surface area contributed by atoms with Crippen molar-refractivity contribution in [1.29, 1.82) is 0 Å². The molecule has 1 saturated heterocycles. The van der Waals surface area contributed by atoms with E-state index in [1.54, 1.807) is 0 Å². The lowest BCUT2D eigenvalue weighted by Gasteiger charge is -2.48. The number of esters is 1. The van der Waals surface area contributed by atoms with Gasteiger partial charge in [-0.25, -0.2) is 9.78 Å². The van der Waals surface area contributed by atoms with Crippen LogP contribution < -0.4 is 10.6 Å². The molecular formula is C23H22N6O9S2. The fourth-order valence-corrected chi connectivity index (χ4v) is 5.49. The lowest BCUT2D eigenvalue weighted by atomic mass is 10.0. The van der Waals surface area contributed by atoms with Crippen molar-refractivity contribution < 1.29 is 38.8 Å². The Hall–Kier alpha value is -4.51. The quantitative estimate of drug-likeness (QED) is 0.0617. The van der Waals surface area contributed by atoms with Gasteiger partial charge in [-0.3, -0.25) is 29.4 Å². The van der Waals surface area contributed by atoms with Gasteiger partial charge in [-0.15, -0.1) is 23.1 Å². The van der Waals surface area contributed by atoms with Crippen LogP contribution in [0.4, 0.5) is 10.8 Å². The molecule has 3 heterocycles. The van der Waals surface area contributed by atoms with Crippen LogP contribution in [-0.4, -0.2) is 73.6 Å². The molecule has 1 fully saturated rings. The van der Waals surface area contributed by atoms with Gasteiger partial charge in [0, 0.05) is 17.5 Å². The number of carbonyl (C=O) groups is 4. The number of ether oxygens (including phenoxy) is 1. The third-order valence-electron chi connectivity index (χ3n) is 5.54. The predicted octanol–water partition coefficient (Wildman–Crippen LogP) is 1.66. The lowest BCUT2D eigenvalue weighted by Crippen LogP contribution is -2.71. The number of rotatable bonds is 12. The molecular weight excluding hydrogens is 568 g/mol. The van der Waals surface area contributed by atoms with Crippen LogP contribution in [0.15, 0.2) is 46.3 Å². The summed E-state index contributed by atoms with van der Waals surface area (Å²) in [5.74, 6) is -2.77. The fraction of sp³-hybridized carbons (Fsp3) is 0.304. The van der Waals surface area contributed by atoms with E-state index in [0.717, 1.165) is 28.0 Å². The average Bonchev–Trinajstić information content (AvgIpc) is 3.41. The largest absolute Gasteiger partial charge is 0.509 e. The van der Waals surface area contributed by atoms with E-state index in [0.29, 0.717) is 18.4 Å². The maximum absolute atomic E-state index is 13.1. The van der Waals surface area contributed by atoms with E-state index < -0.39 is 34.1 Å². The Bertz CT molecular complexity index is 1390. The van der Waals surface area contributed by atoms with Crippen LogP contribution in [0.3, 0.4) is 0 Å². The molecule has 4 rings (SSSR count). The van der Waals surface area contributed by atoms with Crippen LogP contribution >= 0.6 is 23.1 Å². The number of non-ortho nitro benzene ring substituents is 1. The normalized spacial score (nSPS) is 18.4. The molecule has 2 aliphatic heterocycles. The summed E-state index contributed by atoms with van der Waals surface area (Å²) < 4.78 is 5.24. The first-order valence-corrected chi connectivity index (χ1v) is 13.6. The summed E-state index contributed by atoms with van der Waals surface area (Å²) in [7, 11) is 0. The number of nitro benzene ring substituents is 1. The third kappa shape index (κ3) is 6.04. The summed E-state index contributed by atoms with van der Waals surface area (Å²) in [4.78, 5) is 70.2. The van der Waals surface area contributed by atoms with E-state index in [1.165, 1.54) is 29.6 Å². The number of oxime groups is 1. The summed E-state index contributed by atoms with van der Waals surface area (Å²) in [6, 6.07) is 4.31. The molecule has 15 nitrogen and oxygen atoms in total. The SMILES string of the molecule is CCCON=C(C(=O)NC1C(=O)N2C(C(=O)OCc3ccc([N+](=O)[O-])cc3)=C(O)CS[C@H]12)c1csc(NC=O)n1. The summed E-state index contributed by atoms with van der Waals surface area (Å²) in [5, 5.41) is 31.0. The Morgan fingerprint density at radius 2 is 2.10 bits per heavy atom. The van der Waals surface area contributed by atoms with Crippen molar-refractivity contribution in [3.63, 3.8) is 0 Å². The molecule has 0 radical (unpaired) electrons. The second-order valence-electron chi connectivity index (χ2n) is 8.23. The van der Waals surface area contributed by atoms with Crippen molar-refractivity contribution in [2.24, 2.45) is 5.16 Å². The molecule has 1 aromatic heterocycles. The van der Waals surface area contributed by atoms with Crippen molar-refractivity contribution in [2.45, 2.75) is 31.4 Å². The minimum Gasteiger partial charge on any atom is -0.509 e. The maximum Gasteiger partial charge on any atom is 0.358 e. The molecule has 2 atom stereocenters. The van der Waals surface area contributed by atoms with E-state index in [4.69, 9.17) is 9.57 Å². The Kier molecular flexibility index (Phi) is 8.95. The highest BCUT2D eigenvalue weighted by molar-refractivity contribution is 8.00. The Labute approximate surface area is 234 Å². The van der Waals surface area contributed by atoms with Gasteiger partial charge in [0.2, 0.25) is 6.41 Å². The number of nitrogens with one attached hydrogen (secondary N) is 2. The Morgan fingerprint density at radius 3 is 2.77 bits per heavy atom. The van der Waals surface area contributed by atoms with Crippen molar-refractivity contribution >= 4 is 63.8 Å². The smallest absolute Gasteiger partial charge is 0.358 e. The van der Waals surface area contributed by atoms with Gasteiger partial charge < -0.3 is 25.3 Å². The molecule has 40 heavy (non-hydrogen) atoms. The van der Waals surface area contributed by atoms with Gasteiger partial charge in [0.25, 0.3) is 17.5 Å². The first kappa shape index (κ1) is 28.5. The van der Waals surface area contributed by atoms with Crippen LogP contribution in [-0.2, 0) is 35.4 Å². The molecule has 0 bridgehead atoms. The topological polar surface area (TPSA) is 203 Å². The minimum atomic E-state index is -1.05. The number of β-lactam (4-membered cyclic amide) rings is 1. The first-order chi connectivity index (χ1) is 19.2. The zero-order valence-electron chi connectivity index (χ0n) is 20.8. The zero-order chi connectivity index (χ0) is 28.8. The molecule has 3 amide bonds. The molecule has 1 unspecified atom stereocenters. The van der Waals surface area contributed by atoms with Crippen LogP contribution in [0.2, 0.25) is 0 Å². The summed E-state index contributed by atoms with van der Waals surface area (Å²) in [6.45, 7) is 1.83. The van der Waals surface area contributed by atoms with Gasteiger partial charge in [-0.1, -0.05) is 12.1 Å². The van der Waals surface area contributed by atoms with Crippen molar-refractivity contribution in [1.82, 2.24) is 15.2 Å². The molecule has 2 aromatic rings. The molecule has 210 valence electrons. The number of aromatic nitrogens is 1. The summed E-state index contributed by atoms with van der Waals surface area (Å²) in [6.07, 6.45) is 1.06. The lowest BCUT2D eigenvalue weighted by molar-refractivity contribution is -0.384. The number of benzene rings is 1. The average molecular weight is 591 g/mol. The molecule has 17 heteroatoms. The number of anilines is 1. The van der Waals surface area contributed by atoms with Gasteiger partial charge in [0.15, 0.2) is 16.5 Å². The number of aliphatic hydroxyl groups excluding tert-OH is 1. The zero-order valence-corrected chi connectivity index (χ0v) is 22.4. The number of carbonyl (C=O) groups excluding carboxylic acids is 4. The molecule has 1 aromatic carbocycles. The number of nitro groups is 1. The van der Waals surface area contributed by atoms with Crippen LogP contribution in [0.25, 0.3) is 0 Å². The van der Waals surface area contributed by atoms with Crippen molar-refractivity contribution in [3.05, 3.63) is 62.5 Å². The standard InChI is InChI=1S/C23H22N6O9S2/c1-2-7-38-27-16(14-9-40-23(25-14)24-11-30)19(32)26-17-20(33)28-18(15(31)10-39-21(17)28)22(34)37-8-12-3-5-13(6-4-12)29(35)36/h3-6,9,11,17,21,31H,2,7-8,10H2,1H3,(H,26,32)(H,24,25,30)/t17?,21-/m1/s1. The first-order valence-electron chi connectivity index (χ1n) is 11.7. The van der Waals surface area contributed by atoms with Crippen LogP contribution in [0, 0.1) is 10.1 Å². The van der Waals surface area contributed by atoms with E-state index in [2.05, 4.69) is 20.8 Å². The van der Waals surface area contributed by atoms with Gasteiger partial charge in [0.1, 0.15) is 36.1 Å². The van der Waals surface area contributed by atoms with Gasteiger partial charge in [0.05, 0.1) is 10.7 Å². The molecule has 3 N–H and O–H groups in total. The van der Waals surface area contributed by atoms with Crippen molar-refractivity contribution in [2.75, 3.05) is 17.7 Å². The summed E-state index contributed by atoms with van der Waals surface area (Å²) >= 11 is 2.19. The summed E-state index contributed by atoms with van der Waals surface area (Å²) in [5.41, 5.74) is -0.0931. The Balaban J connectivity index is 1.43. The number of thiazole rings is 1. The second-order valence-corrected chi connectivity index (χ2v) is 10.2. The number of nitrogens with zero attached hydrogens (tertiary/aromatic N) is 4.